The second-order valence-electron chi connectivity index (χ2n) is 6.23. The van der Waals surface area contributed by atoms with Crippen molar-refractivity contribution < 1.29 is 9.59 Å². The summed E-state index contributed by atoms with van der Waals surface area (Å²) in [7, 11) is 0. The Balaban J connectivity index is 1.65. The van der Waals surface area contributed by atoms with Crippen LogP contribution in [0.3, 0.4) is 0 Å². The van der Waals surface area contributed by atoms with E-state index in [1.807, 2.05) is 30.3 Å². The van der Waals surface area contributed by atoms with Crippen molar-refractivity contribution in [2.75, 3.05) is 5.32 Å². The molecule has 2 amide bonds. The van der Waals surface area contributed by atoms with Crippen molar-refractivity contribution in [3.63, 3.8) is 0 Å². The van der Waals surface area contributed by atoms with Crippen molar-refractivity contribution in [1.29, 1.82) is 0 Å². The number of hydrogen-bond acceptors (Lipinski definition) is 3. The molecule has 0 aromatic heterocycles. The van der Waals surface area contributed by atoms with Crippen LogP contribution in [-0.2, 0) is 11.2 Å². The third-order valence-electron chi connectivity index (χ3n) is 4.03. The molecule has 2 aromatic rings. The van der Waals surface area contributed by atoms with Crippen LogP contribution in [0.25, 0.3) is 0 Å². The molecule has 0 aliphatic heterocycles. The third-order valence-corrected chi connectivity index (χ3v) is 4.36. The van der Waals surface area contributed by atoms with Gasteiger partial charge in [-0.1, -0.05) is 41.9 Å². The van der Waals surface area contributed by atoms with E-state index in [1.54, 1.807) is 18.2 Å². The molecule has 1 aliphatic carbocycles. The van der Waals surface area contributed by atoms with Gasteiger partial charge in [0.05, 0.1) is 16.6 Å². The van der Waals surface area contributed by atoms with Gasteiger partial charge in [0.15, 0.2) is 0 Å². The standard InChI is InChI=1S/C19H20ClN3O2/c20-16-9-8-14(11-15(16)18(24)22-13-6-7-13)23-19(25)17(21)10-12-4-2-1-3-5-12/h1-5,8-9,11,13,17H,6-7,10,21H2,(H,22,24)(H,23,25)/t17-/m0/s1. The SMILES string of the molecule is N[C@@H](Cc1ccccc1)C(=O)Nc1ccc(Cl)c(C(=O)NC2CC2)c1. The Morgan fingerprint density at radius 2 is 1.88 bits per heavy atom. The molecule has 3 rings (SSSR count). The van der Waals surface area contributed by atoms with E-state index in [9.17, 15) is 9.59 Å². The first kappa shape index (κ1) is 17.5. The highest BCUT2D eigenvalue weighted by Gasteiger charge is 2.25. The zero-order valence-electron chi connectivity index (χ0n) is 13.7. The number of hydrogen-bond donors (Lipinski definition) is 3. The Kier molecular flexibility index (Phi) is 5.36. The molecule has 0 spiro atoms. The molecule has 0 saturated heterocycles. The largest absolute Gasteiger partial charge is 0.349 e. The first-order valence-corrected chi connectivity index (χ1v) is 8.61. The fraction of sp³-hybridized carbons (Fsp3) is 0.263. The van der Waals surface area contributed by atoms with Crippen molar-refractivity contribution in [2.24, 2.45) is 5.73 Å². The molecule has 0 heterocycles. The lowest BCUT2D eigenvalue weighted by molar-refractivity contribution is -0.117. The Morgan fingerprint density at radius 3 is 2.56 bits per heavy atom. The Bertz CT molecular complexity index is 775. The number of nitrogens with two attached hydrogens (primary N) is 1. The summed E-state index contributed by atoms with van der Waals surface area (Å²) in [6.45, 7) is 0. The van der Waals surface area contributed by atoms with Gasteiger partial charge in [0, 0.05) is 11.7 Å². The van der Waals surface area contributed by atoms with Gasteiger partial charge in [0.2, 0.25) is 5.91 Å². The Labute approximate surface area is 151 Å². The van der Waals surface area contributed by atoms with Crippen LogP contribution in [0.5, 0.6) is 0 Å². The highest BCUT2D eigenvalue weighted by atomic mass is 35.5. The van der Waals surface area contributed by atoms with E-state index in [1.165, 1.54) is 0 Å². The van der Waals surface area contributed by atoms with Crippen molar-refractivity contribution in [3.05, 3.63) is 64.7 Å². The number of nitrogens with one attached hydrogen (secondary N) is 2. The second-order valence-corrected chi connectivity index (χ2v) is 6.64. The smallest absolute Gasteiger partial charge is 0.253 e. The summed E-state index contributed by atoms with van der Waals surface area (Å²) < 4.78 is 0. The zero-order chi connectivity index (χ0) is 17.8. The van der Waals surface area contributed by atoms with Gasteiger partial charge in [-0.3, -0.25) is 9.59 Å². The van der Waals surface area contributed by atoms with Gasteiger partial charge in [-0.2, -0.15) is 0 Å². The maximum absolute atomic E-state index is 12.3. The number of carbonyl (C=O) groups excluding carboxylic acids is 2. The number of benzene rings is 2. The van der Waals surface area contributed by atoms with Crippen molar-refractivity contribution in [1.82, 2.24) is 5.32 Å². The molecule has 4 N–H and O–H groups in total. The summed E-state index contributed by atoms with van der Waals surface area (Å²) in [5.41, 5.74) is 7.82. The van der Waals surface area contributed by atoms with E-state index in [2.05, 4.69) is 10.6 Å². The van der Waals surface area contributed by atoms with Crippen LogP contribution >= 0.6 is 11.6 Å². The van der Waals surface area contributed by atoms with Crippen LogP contribution in [-0.4, -0.2) is 23.9 Å². The van der Waals surface area contributed by atoms with Crippen molar-refractivity contribution >= 4 is 29.1 Å². The molecule has 0 bridgehead atoms. The summed E-state index contributed by atoms with van der Waals surface area (Å²) in [6, 6.07) is 14.0. The molecule has 1 saturated carbocycles. The summed E-state index contributed by atoms with van der Waals surface area (Å²) in [4.78, 5) is 24.5. The number of anilines is 1. The fourth-order valence-corrected chi connectivity index (χ4v) is 2.67. The van der Waals surface area contributed by atoms with E-state index >= 15 is 0 Å². The molecular formula is C19H20ClN3O2. The quantitative estimate of drug-likeness (QED) is 0.743. The average Bonchev–Trinajstić information content (AvgIpc) is 3.41. The number of carbonyl (C=O) groups is 2. The van der Waals surface area contributed by atoms with Gasteiger partial charge in [0.25, 0.3) is 5.91 Å². The lowest BCUT2D eigenvalue weighted by Gasteiger charge is -2.14. The fourth-order valence-electron chi connectivity index (χ4n) is 2.46. The Hall–Kier alpha value is -2.37. The second kappa shape index (κ2) is 7.68. The molecule has 0 unspecified atom stereocenters. The zero-order valence-corrected chi connectivity index (χ0v) is 14.4. The van der Waals surface area contributed by atoms with E-state index in [0.29, 0.717) is 22.7 Å². The van der Waals surface area contributed by atoms with Gasteiger partial charge in [0.1, 0.15) is 0 Å². The van der Waals surface area contributed by atoms with Gasteiger partial charge >= 0.3 is 0 Å². The van der Waals surface area contributed by atoms with Crippen LogP contribution in [0, 0.1) is 0 Å². The minimum Gasteiger partial charge on any atom is -0.349 e. The van der Waals surface area contributed by atoms with Gasteiger partial charge < -0.3 is 16.4 Å². The summed E-state index contributed by atoms with van der Waals surface area (Å²) >= 11 is 6.10. The average molecular weight is 358 g/mol. The predicted molar refractivity (Wildman–Crippen MR) is 98.7 cm³/mol. The van der Waals surface area contributed by atoms with Crippen LogP contribution in [0.1, 0.15) is 28.8 Å². The van der Waals surface area contributed by atoms with Crippen LogP contribution in [0.15, 0.2) is 48.5 Å². The number of amides is 2. The van der Waals surface area contributed by atoms with E-state index in [0.717, 1.165) is 18.4 Å². The minimum absolute atomic E-state index is 0.225. The Morgan fingerprint density at radius 1 is 1.16 bits per heavy atom. The highest BCUT2D eigenvalue weighted by molar-refractivity contribution is 6.34. The molecule has 25 heavy (non-hydrogen) atoms. The number of halogens is 1. The summed E-state index contributed by atoms with van der Waals surface area (Å²) in [5, 5.41) is 5.99. The third kappa shape index (κ3) is 4.81. The molecule has 6 heteroatoms. The van der Waals surface area contributed by atoms with Crippen LogP contribution in [0.4, 0.5) is 5.69 Å². The molecule has 5 nitrogen and oxygen atoms in total. The first-order chi connectivity index (χ1) is 12.0. The van der Waals surface area contributed by atoms with Gasteiger partial charge in [-0.05, 0) is 43.0 Å². The van der Waals surface area contributed by atoms with Crippen molar-refractivity contribution in [3.8, 4) is 0 Å². The maximum atomic E-state index is 12.3. The maximum Gasteiger partial charge on any atom is 0.253 e. The minimum atomic E-state index is -0.679. The van der Waals surface area contributed by atoms with Crippen molar-refractivity contribution in [2.45, 2.75) is 31.3 Å². The highest BCUT2D eigenvalue weighted by Crippen LogP contribution is 2.24. The normalized spacial score (nSPS) is 14.6. The molecule has 1 aliphatic rings. The lowest BCUT2D eigenvalue weighted by Crippen LogP contribution is -2.37. The molecule has 1 fully saturated rings. The molecule has 2 aromatic carbocycles. The van der Waals surface area contributed by atoms with E-state index in [4.69, 9.17) is 17.3 Å². The molecular weight excluding hydrogens is 338 g/mol. The number of rotatable bonds is 6. The predicted octanol–water partition coefficient (Wildman–Crippen LogP) is 2.74. The molecule has 1 atom stereocenters. The topological polar surface area (TPSA) is 84.2 Å². The van der Waals surface area contributed by atoms with Gasteiger partial charge in [-0.25, -0.2) is 0 Å². The van der Waals surface area contributed by atoms with E-state index < -0.39 is 6.04 Å². The molecule has 130 valence electrons. The van der Waals surface area contributed by atoms with Gasteiger partial charge in [-0.15, -0.1) is 0 Å². The lowest BCUT2D eigenvalue weighted by atomic mass is 10.1. The van der Waals surface area contributed by atoms with E-state index in [-0.39, 0.29) is 17.9 Å². The molecule has 0 radical (unpaired) electrons. The van der Waals surface area contributed by atoms with Crippen LogP contribution < -0.4 is 16.4 Å². The summed E-state index contributed by atoms with van der Waals surface area (Å²) in [5.74, 6) is -0.531. The summed E-state index contributed by atoms with van der Waals surface area (Å²) in [6.07, 6.45) is 2.43. The monoisotopic (exact) mass is 357 g/mol. The first-order valence-electron chi connectivity index (χ1n) is 8.23. The van der Waals surface area contributed by atoms with Crippen LogP contribution in [0.2, 0.25) is 5.02 Å².